The molecular formula is C19H28N2O5S. The Labute approximate surface area is 164 Å². The Morgan fingerprint density at radius 3 is 2.48 bits per heavy atom. The number of nitrogens with one attached hydrogen (secondary N) is 1. The molecule has 1 fully saturated rings. The molecule has 8 heteroatoms. The Bertz CT molecular complexity index is 701. The smallest absolute Gasteiger partial charge is 0.348 e. The van der Waals surface area contributed by atoms with Crippen LogP contribution in [0.25, 0.3) is 0 Å². The predicted molar refractivity (Wildman–Crippen MR) is 104 cm³/mol. The third-order valence-corrected chi connectivity index (χ3v) is 5.64. The fourth-order valence-electron chi connectivity index (χ4n) is 3.24. The summed E-state index contributed by atoms with van der Waals surface area (Å²) in [5, 5.41) is 3.14. The molecule has 0 bridgehead atoms. The number of likely N-dealkylation sites (tertiary alicyclic amines) is 1. The highest BCUT2D eigenvalue weighted by Crippen LogP contribution is 2.34. The van der Waals surface area contributed by atoms with Crippen LogP contribution in [-0.4, -0.2) is 55.6 Å². The van der Waals surface area contributed by atoms with Gasteiger partial charge in [0, 0.05) is 6.54 Å². The van der Waals surface area contributed by atoms with Crippen molar-refractivity contribution < 1.29 is 23.9 Å². The molecule has 0 aromatic carbocycles. The molecule has 0 radical (unpaired) electrons. The highest BCUT2D eigenvalue weighted by molar-refractivity contribution is 7.18. The lowest BCUT2D eigenvalue weighted by Gasteiger charge is -2.30. The lowest BCUT2D eigenvalue weighted by Crippen LogP contribution is -2.39. The second-order valence-electron chi connectivity index (χ2n) is 6.73. The van der Waals surface area contributed by atoms with Gasteiger partial charge in [0.2, 0.25) is 5.91 Å². The van der Waals surface area contributed by atoms with Gasteiger partial charge in [-0.15, -0.1) is 11.3 Å². The number of thiophene rings is 1. The summed E-state index contributed by atoms with van der Waals surface area (Å²) in [6.45, 7) is 9.75. The number of hydrogen-bond donors (Lipinski definition) is 1. The van der Waals surface area contributed by atoms with E-state index in [-0.39, 0.29) is 31.2 Å². The first kappa shape index (κ1) is 21.4. The fourth-order valence-corrected chi connectivity index (χ4v) is 4.35. The van der Waals surface area contributed by atoms with Crippen molar-refractivity contribution in [2.24, 2.45) is 5.92 Å². The topological polar surface area (TPSA) is 84.9 Å². The number of carbonyl (C=O) groups excluding carboxylic acids is 3. The predicted octanol–water partition coefficient (Wildman–Crippen LogP) is 3.08. The lowest BCUT2D eigenvalue weighted by molar-refractivity contribution is -0.117. The van der Waals surface area contributed by atoms with E-state index in [1.165, 1.54) is 6.42 Å². The van der Waals surface area contributed by atoms with Crippen molar-refractivity contribution in [3.05, 3.63) is 16.0 Å². The second-order valence-corrected chi connectivity index (χ2v) is 7.75. The van der Waals surface area contributed by atoms with Crippen LogP contribution in [0.15, 0.2) is 0 Å². The highest BCUT2D eigenvalue weighted by atomic mass is 32.1. The first-order chi connectivity index (χ1) is 12.9. The second kappa shape index (κ2) is 9.85. The molecule has 1 aliphatic rings. The van der Waals surface area contributed by atoms with Gasteiger partial charge in [-0.3, -0.25) is 9.69 Å². The minimum absolute atomic E-state index is 0.202. The molecule has 0 aliphatic carbocycles. The molecule has 1 N–H and O–H groups in total. The summed E-state index contributed by atoms with van der Waals surface area (Å²) < 4.78 is 10.2. The van der Waals surface area contributed by atoms with Crippen LogP contribution in [0.5, 0.6) is 0 Å². The molecule has 0 spiro atoms. The summed E-state index contributed by atoms with van der Waals surface area (Å²) in [5.74, 6) is -0.688. The number of esters is 2. The number of anilines is 1. The van der Waals surface area contributed by atoms with Crippen LogP contribution in [0.1, 0.15) is 59.2 Å². The molecule has 1 amide bonds. The number of nitrogens with zero attached hydrogens (tertiary/aromatic N) is 1. The minimum atomic E-state index is -0.552. The summed E-state index contributed by atoms with van der Waals surface area (Å²) in [4.78, 5) is 39.5. The highest BCUT2D eigenvalue weighted by Gasteiger charge is 2.28. The number of ether oxygens (including phenoxy) is 2. The number of rotatable bonds is 7. The van der Waals surface area contributed by atoms with E-state index in [1.54, 1.807) is 20.8 Å². The van der Waals surface area contributed by atoms with Crippen molar-refractivity contribution in [3.8, 4) is 0 Å². The SMILES string of the molecule is CCOC(=O)c1sc(NC(=O)CN2CCC[C@@H](C)C2)c(C(=O)OCC)c1C. The Morgan fingerprint density at radius 2 is 1.85 bits per heavy atom. The van der Waals surface area contributed by atoms with Gasteiger partial charge < -0.3 is 14.8 Å². The van der Waals surface area contributed by atoms with Crippen LogP contribution in [0.3, 0.4) is 0 Å². The van der Waals surface area contributed by atoms with Gasteiger partial charge >= 0.3 is 11.9 Å². The molecule has 7 nitrogen and oxygen atoms in total. The van der Waals surface area contributed by atoms with E-state index >= 15 is 0 Å². The van der Waals surface area contributed by atoms with Gasteiger partial charge in [-0.2, -0.15) is 0 Å². The van der Waals surface area contributed by atoms with E-state index in [1.807, 2.05) is 0 Å². The monoisotopic (exact) mass is 396 g/mol. The van der Waals surface area contributed by atoms with Crippen molar-refractivity contribution in [2.75, 3.05) is 38.2 Å². The third-order valence-electron chi connectivity index (χ3n) is 4.45. The molecule has 1 aliphatic heterocycles. The first-order valence-corrected chi connectivity index (χ1v) is 10.2. The fraction of sp³-hybridized carbons (Fsp3) is 0.632. The summed E-state index contributed by atoms with van der Waals surface area (Å²) in [7, 11) is 0. The van der Waals surface area contributed by atoms with Crippen molar-refractivity contribution >= 4 is 34.2 Å². The zero-order valence-electron chi connectivity index (χ0n) is 16.4. The summed E-state index contributed by atoms with van der Waals surface area (Å²) in [6.07, 6.45) is 2.26. The standard InChI is InChI=1S/C19H28N2O5S/c1-5-25-18(23)15-13(4)16(19(24)26-6-2)27-17(15)20-14(22)11-21-9-7-8-12(3)10-21/h12H,5-11H2,1-4H3,(H,20,22)/t12-/m1/s1. The van der Waals surface area contributed by atoms with Crippen LogP contribution in [0, 0.1) is 12.8 Å². The molecule has 1 aromatic rings. The van der Waals surface area contributed by atoms with Gasteiger partial charge in [0.15, 0.2) is 0 Å². The van der Waals surface area contributed by atoms with Gasteiger partial charge in [-0.05, 0) is 51.6 Å². The number of carbonyl (C=O) groups is 3. The molecule has 2 rings (SSSR count). The van der Waals surface area contributed by atoms with Crippen molar-refractivity contribution in [3.63, 3.8) is 0 Å². The van der Waals surface area contributed by atoms with Crippen LogP contribution < -0.4 is 5.32 Å². The average Bonchev–Trinajstić information content (AvgIpc) is 2.91. The molecular weight excluding hydrogens is 368 g/mol. The lowest BCUT2D eigenvalue weighted by atomic mass is 10.0. The Balaban J connectivity index is 2.20. The van der Waals surface area contributed by atoms with Gasteiger partial charge in [0.05, 0.1) is 25.3 Å². The first-order valence-electron chi connectivity index (χ1n) is 9.37. The molecule has 0 unspecified atom stereocenters. The minimum Gasteiger partial charge on any atom is -0.462 e. The van der Waals surface area contributed by atoms with Crippen LogP contribution in [0.4, 0.5) is 5.00 Å². The van der Waals surface area contributed by atoms with Crippen molar-refractivity contribution in [1.82, 2.24) is 4.90 Å². The Hall–Kier alpha value is -1.93. The van der Waals surface area contributed by atoms with Gasteiger partial charge in [-0.25, -0.2) is 9.59 Å². The van der Waals surface area contributed by atoms with E-state index < -0.39 is 11.9 Å². The normalized spacial score (nSPS) is 17.4. The molecule has 2 heterocycles. The summed E-state index contributed by atoms with van der Waals surface area (Å²) in [6, 6.07) is 0. The van der Waals surface area contributed by atoms with E-state index in [0.717, 1.165) is 30.8 Å². The van der Waals surface area contributed by atoms with E-state index in [0.29, 0.717) is 21.4 Å². The summed E-state index contributed by atoms with van der Waals surface area (Å²) >= 11 is 1.05. The van der Waals surface area contributed by atoms with Crippen LogP contribution >= 0.6 is 11.3 Å². The van der Waals surface area contributed by atoms with E-state index in [2.05, 4.69) is 17.1 Å². The van der Waals surface area contributed by atoms with Gasteiger partial charge in [0.1, 0.15) is 9.88 Å². The molecule has 0 saturated carbocycles. The Kier molecular flexibility index (Phi) is 7.79. The largest absolute Gasteiger partial charge is 0.462 e. The zero-order valence-corrected chi connectivity index (χ0v) is 17.2. The molecule has 1 saturated heterocycles. The molecule has 1 aromatic heterocycles. The van der Waals surface area contributed by atoms with Crippen LogP contribution in [0.2, 0.25) is 0 Å². The van der Waals surface area contributed by atoms with E-state index in [4.69, 9.17) is 9.47 Å². The maximum atomic E-state index is 12.5. The number of piperidine rings is 1. The maximum absolute atomic E-state index is 12.5. The number of amides is 1. The zero-order chi connectivity index (χ0) is 20.0. The van der Waals surface area contributed by atoms with Crippen molar-refractivity contribution in [2.45, 2.75) is 40.5 Å². The third kappa shape index (κ3) is 5.52. The maximum Gasteiger partial charge on any atom is 0.348 e. The molecule has 27 heavy (non-hydrogen) atoms. The van der Waals surface area contributed by atoms with Gasteiger partial charge in [-0.1, -0.05) is 6.92 Å². The number of hydrogen-bond acceptors (Lipinski definition) is 7. The van der Waals surface area contributed by atoms with Crippen molar-refractivity contribution in [1.29, 1.82) is 0 Å². The molecule has 1 atom stereocenters. The Morgan fingerprint density at radius 1 is 1.19 bits per heavy atom. The summed E-state index contributed by atoms with van der Waals surface area (Å²) in [5.41, 5.74) is 0.698. The van der Waals surface area contributed by atoms with Gasteiger partial charge in [0.25, 0.3) is 0 Å². The van der Waals surface area contributed by atoms with E-state index in [9.17, 15) is 14.4 Å². The average molecular weight is 397 g/mol. The molecule has 150 valence electrons. The quantitative estimate of drug-likeness (QED) is 0.713. The van der Waals surface area contributed by atoms with Crippen LogP contribution in [-0.2, 0) is 14.3 Å².